The SMILES string of the molecule is CCc1c2sc3c(C)cccc3c2cc[n+]1C. The van der Waals surface area contributed by atoms with E-state index in [0.717, 1.165) is 6.42 Å². The van der Waals surface area contributed by atoms with E-state index in [0.29, 0.717) is 0 Å². The number of nitrogens with zero attached hydrogens (tertiary/aromatic N) is 1. The van der Waals surface area contributed by atoms with Crippen LogP contribution >= 0.6 is 11.3 Å². The van der Waals surface area contributed by atoms with Crippen LogP contribution in [0.4, 0.5) is 0 Å². The Hall–Kier alpha value is -1.41. The maximum absolute atomic E-state index is 2.24. The predicted molar refractivity (Wildman–Crippen MR) is 74.6 cm³/mol. The highest BCUT2D eigenvalue weighted by molar-refractivity contribution is 7.26. The third kappa shape index (κ3) is 1.48. The monoisotopic (exact) mass is 242 g/mol. The van der Waals surface area contributed by atoms with E-state index in [-0.39, 0.29) is 0 Å². The molecule has 0 atom stereocenters. The van der Waals surface area contributed by atoms with Crippen LogP contribution in [0.5, 0.6) is 0 Å². The van der Waals surface area contributed by atoms with Crippen LogP contribution in [0.15, 0.2) is 30.5 Å². The molecule has 17 heavy (non-hydrogen) atoms. The lowest BCUT2D eigenvalue weighted by Crippen LogP contribution is -2.32. The summed E-state index contributed by atoms with van der Waals surface area (Å²) in [5, 5.41) is 2.81. The van der Waals surface area contributed by atoms with Gasteiger partial charge >= 0.3 is 0 Å². The van der Waals surface area contributed by atoms with E-state index in [1.807, 2.05) is 11.3 Å². The van der Waals surface area contributed by atoms with Crippen molar-refractivity contribution < 1.29 is 4.57 Å². The molecule has 0 amide bonds. The molecule has 3 aromatic rings. The van der Waals surface area contributed by atoms with Crippen molar-refractivity contribution in [3.63, 3.8) is 0 Å². The van der Waals surface area contributed by atoms with E-state index in [9.17, 15) is 0 Å². The lowest BCUT2D eigenvalue weighted by atomic mass is 10.1. The molecule has 0 aliphatic carbocycles. The average Bonchev–Trinajstić information content (AvgIpc) is 2.69. The minimum atomic E-state index is 1.08. The molecule has 0 bridgehead atoms. The van der Waals surface area contributed by atoms with E-state index >= 15 is 0 Å². The second kappa shape index (κ2) is 3.81. The first-order valence-electron chi connectivity index (χ1n) is 6.01. The van der Waals surface area contributed by atoms with Crippen LogP contribution in [0.3, 0.4) is 0 Å². The lowest BCUT2D eigenvalue weighted by Gasteiger charge is -1.97. The van der Waals surface area contributed by atoms with Gasteiger partial charge in [0.2, 0.25) is 0 Å². The molecule has 0 aliphatic heterocycles. The Morgan fingerprint density at radius 3 is 2.65 bits per heavy atom. The molecule has 0 fully saturated rings. The van der Waals surface area contributed by atoms with Crippen molar-refractivity contribution in [3.05, 3.63) is 41.7 Å². The van der Waals surface area contributed by atoms with Gasteiger partial charge in [0.1, 0.15) is 11.7 Å². The molecule has 1 nitrogen and oxygen atoms in total. The molecule has 0 N–H and O–H groups in total. The number of hydrogen-bond acceptors (Lipinski definition) is 1. The fourth-order valence-electron chi connectivity index (χ4n) is 2.51. The number of pyridine rings is 1. The summed E-state index contributed by atoms with van der Waals surface area (Å²) in [5.74, 6) is 0. The quantitative estimate of drug-likeness (QED) is 0.572. The van der Waals surface area contributed by atoms with Crippen LogP contribution in [-0.2, 0) is 13.5 Å². The van der Waals surface area contributed by atoms with Crippen molar-refractivity contribution in [1.82, 2.24) is 0 Å². The topological polar surface area (TPSA) is 3.88 Å². The predicted octanol–water partition coefficient (Wildman–Crippen LogP) is 3.75. The summed E-state index contributed by atoms with van der Waals surface area (Å²) in [6.45, 7) is 4.43. The Kier molecular flexibility index (Phi) is 2.40. The van der Waals surface area contributed by atoms with Gasteiger partial charge in [0.15, 0.2) is 11.9 Å². The molecule has 0 saturated heterocycles. The fraction of sp³-hybridized carbons (Fsp3) is 0.267. The summed E-state index contributed by atoms with van der Waals surface area (Å²) in [6, 6.07) is 8.83. The maximum atomic E-state index is 2.24. The van der Waals surface area contributed by atoms with E-state index in [1.54, 1.807) is 0 Å². The van der Waals surface area contributed by atoms with Gasteiger partial charge in [-0.2, -0.15) is 0 Å². The first-order valence-corrected chi connectivity index (χ1v) is 6.83. The van der Waals surface area contributed by atoms with Crippen LogP contribution in [0, 0.1) is 6.92 Å². The highest BCUT2D eigenvalue weighted by atomic mass is 32.1. The number of thiophene rings is 1. The molecule has 0 aliphatic rings. The molecule has 2 heteroatoms. The van der Waals surface area contributed by atoms with Crippen LogP contribution in [0.25, 0.3) is 20.2 Å². The third-order valence-corrected chi connectivity index (χ3v) is 4.84. The minimum Gasteiger partial charge on any atom is -0.204 e. The van der Waals surface area contributed by atoms with E-state index in [1.165, 1.54) is 31.4 Å². The molecule has 3 rings (SSSR count). The summed E-state index contributed by atoms with van der Waals surface area (Å²) in [4.78, 5) is 0. The van der Waals surface area contributed by atoms with Crippen LogP contribution < -0.4 is 4.57 Å². The first-order chi connectivity index (χ1) is 8.22. The largest absolute Gasteiger partial charge is 0.204 e. The summed E-state index contributed by atoms with van der Waals surface area (Å²) in [7, 11) is 2.13. The molecule has 2 aromatic heterocycles. The molecule has 86 valence electrons. The van der Waals surface area contributed by atoms with E-state index in [2.05, 4.69) is 55.9 Å². The van der Waals surface area contributed by atoms with Crippen LogP contribution in [0.1, 0.15) is 18.2 Å². The molecule has 0 saturated carbocycles. The zero-order chi connectivity index (χ0) is 12.0. The van der Waals surface area contributed by atoms with Crippen molar-refractivity contribution in [2.75, 3.05) is 0 Å². The average molecular weight is 242 g/mol. The van der Waals surface area contributed by atoms with Gasteiger partial charge in [-0.05, 0) is 12.5 Å². The van der Waals surface area contributed by atoms with Crippen LogP contribution in [-0.4, -0.2) is 0 Å². The van der Waals surface area contributed by atoms with Crippen molar-refractivity contribution >= 4 is 31.5 Å². The normalized spacial score (nSPS) is 11.5. The lowest BCUT2D eigenvalue weighted by molar-refractivity contribution is -0.677. The highest BCUT2D eigenvalue weighted by Crippen LogP contribution is 2.36. The molecular weight excluding hydrogens is 226 g/mol. The summed E-state index contributed by atoms with van der Waals surface area (Å²) >= 11 is 1.93. The number of rotatable bonds is 1. The maximum Gasteiger partial charge on any atom is 0.198 e. The number of benzene rings is 1. The Balaban J connectivity index is 2.55. The highest BCUT2D eigenvalue weighted by Gasteiger charge is 2.15. The number of aromatic nitrogens is 1. The second-order valence-corrected chi connectivity index (χ2v) is 5.54. The fourth-order valence-corrected chi connectivity index (χ4v) is 3.92. The van der Waals surface area contributed by atoms with E-state index < -0.39 is 0 Å². The molecule has 0 unspecified atom stereocenters. The molecule has 2 heterocycles. The van der Waals surface area contributed by atoms with Crippen molar-refractivity contribution in [3.8, 4) is 0 Å². The van der Waals surface area contributed by atoms with E-state index in [4.69, 9.17) is 0 Å². The van der Waals surface area contributed by atoms with Crippen molar-refractivity contribution in [1.29, 1.82) is 0 Å². The van der Waals surface area contributed by atoms with Crippen molar-refractivity contribution in [2.45, 2.75) is 20.3 Å². The summed E-state index contributed by atoms with van der Waals surface area (Å²) < 4.78 is 5.12. The molecular formula is C15H16NS+. The zero-order valence-electron chi connectivity index (χ0n) is 10.4. The Labute approximate surface area is 105 Å². The van der Waals surface area contributed by atoms with Crippen LogP contribution in [0.2, 0.25) is 0 Å². The Morgan fingerprint density at radius 1 is 1.12 bits per heavy atom. The number of aryl methyl sites for hydroxylation is 3. The van der Waals surface area contributed by atoms with Gasteiger partial charge in [-0.25, -0.2) is 4.57 Å². The smallest absolute Gasteiger partial charge is 0.198 e. The van der Waals surface area contributed by atoms with Gasteiger partial charge in [-0.3, -0.25) is 0 Å². The van der Waals surface area contributed by atoms with Gasteiger partial charge in [0.25, 0.3) is 0 Å². The zero-order valence-corrected chi connectivity index (χ0v) is 11.3. The van der Waals surface area contributed by atoms with Crippen molar-refractivity contribution in [2.24, 2.45) is 7.05 Å². The van der Waals surface area contributed by atoms with Gasteiger partial charge in [0, 0.05) is 28.0 Å². The van der Waals surface area contributed by atoms with Gasteiger partial charge in [0.05, 0.1) is 0 Å². The summed E-state index contributed by atoms with van der Waals surface area (Å²) in [6.07, 6.45) is 3.26. The Bertz CT molecular complexity index is 710. The molecule has 1 aromatic carbocycles. The standard InChI is InChI=1S/C15H16NS/c1-4-13-15-12(8-9-16(13)3)11-7-5-6-10(2)14(11)17-15/h5-9H,4H2,1-3H3/q+1. The minimum absolute atomic E-state index is 1.08. The first kappa shape index (κ1) is 10.7. The molecule has 0 radical (unpaired) electrons. The van der Waals surface area contributed by atoms with Gasteiger partial charge in [-0.1, -0.05) is 25.1 Å². The molecule has 0 spiro atoms. The summed E-state index contributed by atoms with van der Waals surface area (Å²) in [5.41, 5.74) is 2.82. The number of fused-ring (bicyclic) bond motifs is 3. The number of hydrogen-bond donors (Lipinski definition) is 0. The van der Waals surface area contributed by atoms with Gasteiger partial charge < -0.3 is 0 Å². The second-order valence-electron chi connectivity index (χ2n) is 4.52. The third-order valence-electron chi connectivity index (χ3n) is 3.44. The Morgan fingerprint density at radius 2 is 1.88 bits per heavy atom. The van der Waals surface area contributed by atoms with Gasteiger partial charge in [-0.15, -0.1) is 11.3 Å².